The molecule has 2 saturated carbocycles. The van der Waals surface area contributed by atoms with Crippen LogP contribution in [0.1, 0.15) is 83.4 Å². The number of carbonyl (C=O) groups is 4. The molecular formula is C49H55N9O6. The van der Waals surface area contributed by atoms with Crippen molar-refractivity contribution < 1.29 is 28.7 Å². The van der Waals surface area contributed by atoms with Crippen LogP contribution in [0.5, 0.6) is 0 Å². The van der Waals surface area contributed by atoms with Crippen LogP contribution in [0.25, 0.3) is 44.4 Å². The van der Waals surface area contributed by atoms with Crippen molar-refractivity contribution in [1.29, 1.82) is 5.26 Å². The van der Waals surface area contributed by atoms with Gasteiger partial charge < -0.3 is 39.9 Å². The molecule has 4 N–H and O–H groups in total. The number of aromatic nitrogens is 4. The van der Waals surface area contributed by atoms with Crippen molar-refractivity contribution in [3.63, 3.8) is 0 Å². The van der Waals surface area contributed by atoms with E-state index >= 15 is 0 Å². The molecule has 3 aliphatic rings. The maximum absolute atomic E-state index is 14.0. The first-order chi connectivity index (χ1) is 30.8. The molecule has 0 unspecified atom stereocenters. The van der Waals surface area contributed by atoms with Gasteiger partial charge in [-0.05, 0) is 103 Å². The summed E-state index contributed by atoms with van der Waals surface area (Å²) in [5.74, 6) is 1.23. The topological polar surface area (TPSA) is 198 Å². The smallest absolute Gasteiger partial charge is 0.407 e. The van der Waals surface area contributed by atoms with Gasteiger partial charge in [-0.15, -0.1) is 0 Å². The van der Waals surface area contributed by atoms with Gasteiger partial charge in [-0.25, -0.2) is 19.6 Å². The highest BCUT2D eigenvalue weighted by molar-refractivity contribution is 5.91. The molecule has 1 aliphatic heterocycles. The van der Waals surface area contributed by atoms with E-state index in [0.717, 1.165) is 87.9 Å². The summed E-state index contributed by atoms with van der Waals surface area (Å²) in [4.78, 5) is 72.1. The number of fused-ring (bicyclic) bond motifs is 3. The highest BCUT2D eigenvalue weighted by atomic mass is 16.5. The largest absolute Gasteiger partial charge is 0.453 e. The van der Waals surface area contributed by atoms with Crippen LogP contribution in [-0.2, 0) is 25.6 Å². The van der Waals surface area contributed by atoms with E-state index in [9.17, 15) is 24.4 Å². The van der Waals surface area contributed by atoms with E-state index in [1.807, 2.05) is 24.9 Å². The number of carbonyl (C=O) groups excluding carboxylic acids is 4. The molecule has 4 amide bonds. The Labute approximate surface area is 372 Å². The Morgan fingerprint density at radius 1 is 0.891 bits per heavy atom. The summed E-state index contributed by atoms with van der Waals surface area (Å²) in [6.07, 6.45) is 9.19. The summed E-state index contributed by atoms with van der Waals surface area (Å²) in [5, 5.41) is 16.7. The van der Waals surface area contributed by atoms with Gasteiger partial charge >= 0.3 is 12.2 Å². The lowest BCUT2D eigenvalue weighted by atomic mass is 9.97. The van der Waals surface area contributed by atoms with Crippen LogP contribution < -0.4 is 10.6 Å². The highest BCUT2D eigenvalue weighted by Crippen LogP contribution is 2.50. The van der Waals surface area contributed by atoms with Gasteiger partial charge in [0.05, 0.1) is 56.7 Å². The van der Waals surface area contributed by atoms with Gasteiger partial charge in [0.1, 0.15) is 23.7 Å². The Balaban J connectivity index is 0.950. The van der Waals surface area contributed by atoms with Gasteiger partial charge in [-0.3, -0.25) is 9.59 Å². The number of nitrogens with zero attached hydrogens (tertiary/aromatic N) is 5. The lowest BCUT2D eigenvalue weighted by Gasteiger charge is -2.36. The Morgan fingerprint density at radius 3 is 2.22 bits per heavy atom. The third-order valence-electron chi connectivity index (χ3n) is 12.9. The van der Waals surface area contributed by atoms with Gasteiger partial charge in [-0.2, -0.15) is 5.26 Å². The number of piperidine rings is 1. The van der Waals surface area contributed by atoms with Crippen LogP contribution in [0, 0.1) is 22.7 Å². The molecule has 64 heavy (non-hydrogen) atoms. The fourth-order valence-corrected chi connectivity index (χ4v) is 9.28. The first-order valence-electron chi connectivity index (χ1n) is 21.9. The number of allylic oxidation sites excluding steroid dienone is 1. The van der Waals surface area contributed by atoms with Crippen molar-refractivity contribution in [3.05, 3.63) is 96.4 Å². The van der Waals surface area contributed by atoms with Gasteiger partial charge in [0.25, 0.3) is 0 Å². The molecule has 3 heterocycles. The number of nitrogens with one attached hydrogen (secondary N) is 4. The average molecular weight is 866 g/mol. The molecule has 0 radical (unpaired) electrons. The Kier molecular flexibility index (Phi) is 12.6. The number of aromatic amines is 2. The Bertz CT molecular complexity index is 2620. The number of rotatable bonds is 15. The summed E-state index contributed by atoms with van der Waals surface area (Å²) in [6.45, 7) is 6.69. The van der Waals surface area contributed by atoms with Crippen molar-refractivity contribution in [1.82, 2.24) is 40.4 Å². The van der Waals surface area contributed by atoms with Crippen LogP contribution >= 0.6 is 0 Å². The number of methoxy groups -OCH3 is 2. The van der Waals surface area contributed by atoms with E-state index in [4.69, 9.17) is 14.5 Å². The minimum Gasteiger partial charge on any atom is -0.453 e. The van der Waals surface area contributed by atoms with E-state index in [-0.39, 0.29) is 54.6 Å². The number of imidazole rings is 2. The molecule has 2 aliphatic carbocycles. The third-order valence-corrected chi connectivity index (χ3v) is 12.9. The lowest BCUT2D eigenvalue weighted by Crippen LogP contribution is -2.51. The molecule has 8 rings (SSSR count). The molecule has 15 heteroatoms. The van der Waals surface area contributed by atoms with E-state index in [1.54, 1.807) is 17.2 Å². The SMILES string of the molecule is COC(=O)N[C@@H](C=C(C)C)C(=O)N1[C@@H]2CC[C@@H](C2)[C@H]1c1ncc(-c2ccc(-c3ccc4cc(-c5cnc(CN(CC6(C)CC6)C(=O)[C@H](CCC#N)NC(=O)OC)[nH]5)ccc4c3)cc2)[nH]1. The van der Waals surface area contributed by atoms with Crippen molar-refractivity contribution in [2.45, 2.75) is 96.4 Å². The summed E-state index contributed by atoms with van der Waals surface area (Å²) >= 11 is 0. The number of nitriles is 1. The predicted molar refractivity (Wildman–Crippen MR) is 241 cm³/mol. The van der Waals surface area contributed by atoms with Crippen LogP contribution in [0.15, 0.2) is 84.7 Å². The normalized spacial score (nSPS) is 19.0. The predicted octanol–water partition coefficient (Wildman–Crippen LogP) is 8.19. The molecule has 2 bridgehead atoms. The summed E-state index contributed by atoms with van der Waals surface area (Å²) in [6, 6.07) is 21.2. The van der Waals surface area contributed by atoms with Gasteiger partial charge in [-0.1, -0.05) is 67.1 Å². The van der Waals surface area contributed by atoms with Crippen LogP contribution in [0.4, 0.5) is 9.59 Å². The molecule has 5 atom stereocenters. The van der Waals surface area contributed by atoms with Crippen LogP contribution in [-0.4, -0.2) is 92.6 Å². The summed E-state index contributed by atoms with van der Waals surface area (Å²) < 4.78 is 9.58. The number of hydrogen-bond acceptors (Lipinski definition) is 9. The zero-order valence-corrected chi connectivity index (χ0v) is 36.9. The average Bonchev–Trinajstić information content (AvgIpc) is 3.85. The number of hydrogen-bond donors (Lipinski definition) is 4. The molecule has 15 nitrogen and oxygen atoms in total. The first kappa shape index (κ1) is 43.7. The van der Waals surface area contributed by atoms with Gasteiger partial charge in [0, 0.05) is 24.6 Å². The standard InChI is InChI=1S/C49H55N9O6/c1-29(2)21-39(56-48(62)64-5)46(60)58-37-17-16-36(24-37)43(58)44-52-26-40(54-44)31-10-8-30(9-11-31)32-12-13-34-23-35(15-14-33(34)22-32)41-25-51-42(53-41)27-57(28-49(3)18-19-49)45(59)38(7-6-20-50)55-47(61)63-4/h8-15,21-23,25-26,36-39,43H,6-7,16-19,24,27-28H2,1-5H3,(H,51,53)(H,52,54)(H,55,61)(H,56,62)/t36-,37+,38-,39-,43-/m0/s1. The lowest BCUT2D eigenvalue weighted by molar-refractivity contribution is -0.137. The second kappa shape index (κ2) is 18.4. The molecule has 2 aromatic heterocycles. The van der Waals surface area contributed by atoms with Gasteiger partial charge in [0.15, 0.2) is 0 Å². The fourth-order valence-electron chi connectivity index (χ4n) is 9.28. The number of H-pyrrole nitrogens is 2. The molecule has 3 aromatic carbocycles. The molecule has 1 saturated heterocycles. The van der Waals surface area contributed by atoms with Crippen LogP contribution in [0.3, 0.4) is 0 Å². The van der Waals surface area contributed by atoms with E-state index in [2.05, 4.69) is 99.2 Å². The molecule has 5 aromatic rings. The van der Waals surface area contributed by atoms with Crippen molar-refractivity contribution in [2.24, 2.45) is 11.3 Å². The van der Waals surface area contributed by atoms with Crippen LogP contribution in [0.2, 0.25) is 0 Å². The quantitative estimate of drug-likeness (QED) is 0.0750. The number of amides is 4. The highest BCUT2D eigenvalue weighted by Gasteiger charge is 2.51. The number of alkyl carbamates (subject to hydrolysis) is 2. The molecular weight excluding hydrogens is 811 g/mol. The molecule has 332 valence electrons. The van der Waals surface area contributed by atoms with Crippen molar-refractivity contribution in [2.75, 3.05) is 20.8 Å². The zero-order chi connectivity index (χ0) is 45.1. The van der Waals surface area contributed by atoms with Gasteiger partial charge in [0.2, 0.25) is 11.8 Å². The van der Waals surface area contributed by atoms with E-state index in [1.165, 1.54) is 14.2 Å². The van der Waals surface area contributed by atoms with Crippen molar-refractivity contribution >= 4 is 34.8 Å². The monoisotopic (exact) mass is 865 g/mol. The fraction of sp³-hybridized carbons (Fsp3) is 0.408. The summed E-state index contributed by atoms with van der Waals surface area (Å²) in [5.41, 5.74) is 6.69. The Hall–Kier alpha value is -6.95. The van der Waals surface area contributed by atoms with Crippen molar-refractivity contribution in [3.8, 4) is 39.7 Å². The second-order valence-electron chi connectivity index (χ2n) is 17.9. The minimum absolute atomic E-state index is 0.00481. The number of likely N-dealkylation sites (tertiary alicyclic amines) is 1. The maximum Gasteiger partial charge on any atom is 0.407 e. The second-order valence-corrected chi connectivity index (χ2v) is 17.9. The number of benzene rings is 3. The first-order valence-corrected chi connectivity index (χ1v) is 21.9. The molecule has 3 fully saturated rings. The minimum atomic E-state index is -0.883. The van der Waals surface area contributed by atoms with E-state index < -0.39 is 24.3 Å². The zero-order valence-electron chi connectivity index (χ0n) is 36.9. The summed E-state index contributed by atoms with van der Waals surface area (Å²) in [7, 11) is 2.54. The Morgan fingerprint density at radius 2 is 1.53 bits per heavy atom. The molecule has 0 spiro atoms. The third kappa shape index (κ3) is 9.51. The van der Waals surface area contributed by atoms with E-state index in [0.29, 0.717) is 12.4 Å². The number of ether oxygens (including phenoxy) is 2. The maximum atomic E-state index is 14.0.